The summed E-state index contributed by atoms with van der Waals surface area (Å²) >= 11 is 0. The third-order valence-electron chi connectivity index (χ3n) is 3.59. The van der Waals surface area contributed by atoms with Crippen molar-refractivity contribution in [2.24, 2.45) is 0 Å². The van der Waals surface area contributed by atoms with Crippen molar-refractivity contribution in [2.75, 3.05) is 39.2 Å². The molecule has 21 heavy (non-hydrogen) atoms. The maximum absolute atomic E-state index is 13.6. The van der Waals surface area contributed by atoms with Crippen molar-refractivity contribution in [2.45, 2.75) is 19.4 Å². The van der Waals surface area contributed by atoms with Crippen LogP contribution in [0.5, 0.6) is 0 Å². The Balaban J connectivity index is 2.56. The van der Waals surface area contributed by atoms with Gasteiger partial charge in [-0.15, -0.1) is 0 Å². The largest absolute Gasteiger partial charge is 0.313 e. The van der Waals surface area contributed by atoms with Gasteiger partial charge in [0.05, 0.1) is 5.75 Å². The molecule has 0 amide bonds. The monoisotopic (exact) mass is 316 g/mol. The van der Waals surface area contributed by atoms with E-state index in [9.17, 15) is 12.8 Å². The quantitative estimate of drug-likeness (QED) is 0.794. The van der Waals surface area contributed by atoms with E-state index in [1.165, 1.54) is 6.26 Å². The molecule has 0 bridgehead atoms. The minimum absolute atomic E-state index is 0.0563. The molecule has 4 nitrogen and oxygen atoms in total. The minimum Gasteiger partial charge on any atom is -0.313 e. The molecule has 1 aromatic carbocycles. The van der Waals surface area contributed by atoms with E-state index in [0.717, 1.165) is 18.5 Å². The van der Waals surface area contributed by atoms with E-state index in [1.807, 2.05) is 25.1 Å². The van der Waals surface area contributed by atoms with Gasteiger partial charge in [0, 0.05) is 18.8 Å². The topological polar surface area (TPSA) is 49.4 Å². The van der Waals surface area contributed by atoms with Crippen LogP contribution in [0.15, 0.2) is 18.2 Å². The number of halogens is 1. The fourth-order valence-electron chi connectivity index (χ4n) is 2.09. The lowest BCUT2D eigenvalue weighted by molar-refractivity contribution is 0.326. The second kappa shape index (κ2) is 7.87. The molecule has 6 heteroatoms. The van der Waals surface area contributed by atoms with Crippen LogP contribution in [0.25, 0.3) is 0 Å². The lowest BCUT2D eigenvalue weighted by Gasteiger charge is -2.22. The van der Waals surface area contributed by atoms with Crippen LogP contribution in [0.1, 0.15) is 23.6 Å². The molecule has 0 saturated carbocycles. The van der Waals surface area contributed by atoms with Gasteiger partial charge >= 0.3 is 0 Å². The minimum atomic E-state index is -2.93. The number of nitrogens with one attached hydrogen (secondary N) is 1. The molecule has 0 spiro atoms. The molecule has 0 aliphatic rings. The molecule has 120 valence electrons. The Hall–Kier alpha value is -0.980. The van der Waals surface area contributed by atoms with Crippen molar-refractivity contribution < 1.29 is 12.8 Å². The molecule has 1 rings (SSSR count). The first-order valence-corrected chi connectivity index (χ1v) is 9.08. The van der Waals surface area contributed by atoms with Gasteiger partial charge in [-0.05, 0) is 51.2 Å². The van der Waals surface area contributed by atoms with Crippen molar-refractivity contribution in [1.29, 1.82) is 0 Å². The van der Waals surface area contributed by atoms with Crippen LogP contribution in [0.2, 0.25) is 0 Å². The molecule has 0 aliphatic carbocycles. The number of sulfone groups is 1. The van der Waals surface area contributed by atoms with Gasteiger partial charge in [0.15, 0.2) is 0 Å². The van der Waals surface area contributed by atoms with E-state index in [4.69, 9.17) is 0 Å². The first-order chi connectivity index (χ1) is 9.73. The zero-order chi connectivity index (χ0) is 16.0. The summed E-state index contributed by atoms with van der Waals surface area (Å²) in [5.74, 6) is -0.0365. The van der Waals surface area contributed by atoms with Gasteiger partial charge in [-0.1, -0.05) is 12.1 Å². The summed E-state index contributed by atoms with van der Waals surface area (Å²) in [5, 5.41) is 3.18. The Kier molecular flexibility index (Phi) is 6.77. The normalized spacial score (nSPS) is 13.6. The molecule has 1 N–H and O–H groups in total. The molecule has 0 aliphatic heterocycles. The Morgan fingerprint density at radius 3 is 2.52 bits per heavy atom. The molecular weight excluding hydrogens is 291 g/mol. The van der Waals surface area contributed by atoms with Crippen LogP contribution < -0.4 is 5.32 Å². The van der Waals surface area contributed by atoms with Crippen molar-refractivity contribution in [3.8, 4) is 0 Å². The highest BCUT2D eigenvalue weighted by molar-refractivity contribution is 7.90. The molecule has 0 radical (unpaired) electrons. The summed E-state index contributed by atoms with van der Waals surface area (Å²) in [5.41, 5.74) is 1.55. The highest BCUT2D eigenvalue weighted by Gasteiger charge is 2.13. The van der Waals surface area contributed by atoms with Gasteiger partial charge in [-0.25, -0.2) is 12.8 Å². The van der Waals surface area contributed by atoms with E-state index >= 15 is 0 Å². The van der Waals surface area contributed by atoms with Gasteiger partial charge in [0.2, 0.25) is 0 Å². The van der Waals surface area contributed by atoms with Gasteiger partial charge in [-0.3, -0.25) is 0 Å². The van der Waals surface area contributed by atoms with Crippen molar-refractivity contribution in [1.82, 2.24) is 10.2 Å². The molecular formula is C15H25FN2O2S. The summed E-state index contributed by atoms with van der Waals surface area (Å²) in [6, 6.07) is 5.33. The van der Waals surface area contributed by atoms with Gasteiger partial charge in [-0.2, -0.15) is 0 Å². The Morgan fingerprint density at radius 2 is 2.00 bits per heavy atom. The predicted molar refractivity (Wildman–Crippen MR) is 84.8 cm³/mol. The molecule has 0 aromatic heterocycles. The summed E-state index contributed by atoms with van der Waals surface area (Å²) in [7, 11) is 0.810. The van der Waals surface area contributed by atoms with Crippen LogP contribution in [-0.2, 0) is 9.84 Å². The molecule has 0 heterocycles. The second-order valence-electron chi connectivity index (χ2n) is 5.57. The number of rotatable bonds is 8. The first-order valence-electron chi connectivity index (χ1n) is 7.02. The SMILES string of the molecule is CNC(CCN(C)CCS(C)(=O)=O)c1ccc(C)c(F)c1. The van der Waals surface area contributed by atoms with Crippen molar-refractivity contribution >= 4 is 9.84 Å². The van der Waals surface area contributed by atoms with Crippen molar-refractivity contribution in [3.05, 3.63) is 35.1 Å². The summed E-state index contributed by atoms with van der Waals surface area (Å²) in [6.07, 6.45) is 2.03. The Morgan fingerprint density at radius 1 is 1.33 bits per heavy atom. The number of hydrogen-bond donors (Lipinski definition) is 1. The molecule has 0 saturated heterocycles. The third kappa shape index (κ3) is 6.54. The molecule has 1 unspecified atom stereocenters. The van der Waals surface area contributed by atoms with Crippen LogP contribution in [0.4, 0.5) is 4.39 Å². The summed E-state index contributed by atoms with van der Waals surface area (Å²) < 4.78 is 35.9. The zero-order valence-corrected chi connectivity index (χ0v) is 14.0. The Labute approximate surface area is 127 Å². The number of hydrogen-bond acceptors (Lipinski definition) is 4. The van der Waals surface area contributed by atoms with Gasteiger partial charge in [0.25, 0.3) is 0 Å². The summed E-state index contributed by atoms with van der Waals surface area (Å²) in [6.45, 7) is 3.00. The maximum Gasteiger partial charge on any atom is 0.148 e. The number of benzene rings is 1. The highest BCUT2D eigenvalue weighted by Crippen LogP contribution is 2.19. The third-order valence-corrected chi connectivity index (χ3v) is 4.51. The van der Waals surface area contributed by atoms with Crippen molar-refractivity contribution in [3.63, 3.8) is 0 Å². The van der Waals surface area contributed by atoms with Crippen LogP contribution in [0, 0.1) is 12.7 Å². The van der Waals surface area contributed by atoms with Crippen LogP contribution >= 0.6 is 0 Å². The van der Waals surface area contributed by atoms with E-state index in [0.29, 0.717) is 12.1 Å². The predicted octanol–water partition coefficient (Wildman–Crippen LogP) is 1.76. The van der Waals surface area contributed by atoms with E-state index in [2.05, 4.69) is 5.32 Å². The lowest BCUT2D eigenvalue weighted by Crippen LogP contribution is -2.29. The highest BCUT2D eigenvalue weighted by atomic mass is 32.2. The van der Waals surface area contributed by atoms with Crippen LogP contribution in [-0.4, -0.2) is 52.5 Å². The summed E-state index contributed by atoms with van der Waals surface area (Å²) in [4.78, 5) is 1.98. The Bertz CT molecular complexity index is 561. The van der Waals surface area contributed by atoms with E-state index in [-0.39, 0.29) is 17.6 Å². The molecule has 0 fully saturated rings. The maximum atomic E-state index is 13.6. The standard InChI is InChI=1S/C15H25FN2O2S/c1-12-5-6-13(11-14(12)16)15(17-2)7-8-18(3)9-10-21(4,19)20/h5-6,11,15,17H,7-10H2,1-4H3. The average Bonchev–Trinajstić information content (AvgIpc) is 2.40. The molecule has 1 atom stereocenters. The molecule has 1 aromatic rings. The van der Waals surface area contributed by atoms with E-state index < -0.39 is 9.84 Å². The lowest BCUT2D eigenvalue weighted by atomic mass is 10.0. The number of aryl methyl sites for hydroxylation is 1. The van der Waals surface area contributed by atoms with E-state index in [1.54, 1.807) is 19.1 Å². The number of nitrogens with zero attached hydrogens (tertiary/aromatic N) is 1. The smallest absolute Gasteiger partial charge is 0.148 e. The zero-order valence-electron chi connectivity index (χ0n) is 13.2. The second-order valence-corrected chi connectivity index (χ2v) is 7.83. The fraction of sp³-hybridized carbons (Fsp3) is 0.600. The average molecular weight is 316 g/mol. The first kappa shape index (κ1) is 18.1. The van der Waals surface area contributed by atoms with Crippen LogP contribution in [0.3, 0.4) is 0 Å². The van der Waals surface area contributed by atoms with Gasteiger partial charge < -0.3 is 10.2 Å². The fourth-order valence-corrected chi connectivity index (χ4v) is 2.73. The van der Waals surface area contributed by atoms with Gasteiger partial charge in [0.1, 0.15) is 15.7 Å².